The maximum atomic E-state index is 2.24. The quantitative estimate of drug-likeness (QED) is 0.359. The summed E-state index contributed by atoms with van der Waals surface area (Å²) in [6, 6.07) is 2.24. The first-order chi connectivity index (χ1) is 4.13. The summed E-state index contributed by atoms with van der Waals surface area (Å²) >= 11 is 0. The molecule has 0 unspecified atom stereocenters. The third kappa shape index (κ3) is 1.99. The molecule has 1 heteroatoms. The molecule has 0 aliphatic rings. The molecule has 0 bridgehead atoms. The minimum Gasteiger partial charge on any atom is -0.199 e. The van der Waals surface area contributed by atoms with Gasteiger partial charge in [-0.25, -0.2) is 0 Å². The minimum absolute atomic E-state index is 0. The molecule has 0 N–H and O–H groups in total. The molecule has 0 aliphatic carbocycles. The van der Waals surface area contributed by atoms with Crippen LogP contribution in [0.3, 0.4) is 0 Å². The van der Waals surface area contributed by atoms with Crippen LogP contribution in [0.15, 0.2) is 6.07 Å². The summed E-state index contributed by atoms with van der Waals surface area (Å²) in [7, 11) is 0. The van der Waals surface area contributed by atoms with Crippen molar-refractivity contribution in [3.63, 3.8) is 0 Å². The Hall–Kier alpha value is 0.986. The zero-order chi connectivity index (χ0) is 7.02. The summed E-state index contributed by atoms with van der Waals surface area (Å²) in [5.74, 6) is 0. The van der Waals surface area contributed by atoms with Crippen molar-refractivity contribution in [3.05, 3.63) is 28.3 Å². The second kappa shape index (κ2) is 4.12. The monoisotopic (exact) mass is 160 g/mol. The van der Waals surface area contributed by atoms with Crippen LogP contribution in [0.5, 0.6) is 0 Å². The van der Waals surface area contributed by atoms with E-state index in [9.17, 15) is 0 Å². The van der Waals surface area contributed by atoms with Crippen molar-refractivity contribution in [1.29, 1.82) is 0 Å². The zero-order valence-corrected chi connectivity index (χ0v) is 10.7. The van der Waals surface area contributed by atoms with E-state index < -0.39 is 0 Å². The second-order valence-corrected chi connectivity index (χ2v) is 2.76. The molecule has 0 atom stereocenters. The van der Waals surface area contributed by atoms with Crippen LogP contribution in [0.1, 0.15) is 22.3 Å². The Bertz CT molecular complexity index is 198. The van der Waals surface area contributed by atoms with Crippen LogP contribution in [0.2, 0.25) is 0 Å². The molecule has 0 saturated heterocycles. The van der Waals surface area contributed by atoms with Gasteiger partial charge < -0.3 is 0 Å². The van der Waals surface area contributed by atoms with Gasteiger partial charge in [0.15, 0.2) is 0 Å². The van der Waals surface area contributed by atoms with Gasteiger partial charge in [-0.2, -0.15) is 28.3 Å². The summed E-state index contributed by atoms with van der Waals surface area (Å²) in [6.07, 6.45) is 0. The van der Waals surface area contributed by atoms with Gasteiger partial charge >= 0.3 is 51.4 Å². The minimum atomic E-state index is 0. The van der Waals surface area contributed by atoms with E-state index in [1.54, 1.807) is 0 Å². The average Bonchev–Trinajstić information content (AvgIpc) is 1.98. The van der Waals surface area contributed by atoms with Crippen molar-refractivity contribution < 1.29 is 51.4 Å². The van der Waals surface area contributed by atoms with Crippen molar-refractivity contribution in [3.8, 4) is 0 Å². The molecule has 10 heavy (non-hydrogen) atoms. The number of hydrogen-bond acceptors (Lipinski definition) is 0. The molecule has 0 spiro atoms. The van der Waals surface area contributed by atoms with E-state index >= 15 is 0 Å². The standard InChI is InChI=1S/C9H13.K/c1-6-5-7(2)9(4)8(6)3;/h5H,1-4H3;/q-1;+1. The fraction of sp³-hybridized carbons (Fsp3) is 0.444. The Morgan fingerprint density at radius 1 is 1.20 bits per heavy atom. The topological polar surface area (TPSA) is 0 Å². The first-order valence-corrected chi connectivity index (χ1v) is 3.33. The maximum absolute atomic E-state index is 2.24. The molecular weight excluding hydrogens is 147 g/mol. The molecule has 0 nitrogen and oxygen atoms in total. The third-order valence-corrected chi connectivity index (χ3v) is 2.18. The van der Waals surface area contributed by atoms with Gasteiger partial charge in [-0.15, -0.1) is 0 Å². The molecule has 0 fully saturated rings. The van der Waals surface area contributed by atoms with Gasteiger partial charge in [0.05, 0.1) is 0 Å². The van der Waals surface area contributed by atoms with Crippen LogP contribution in [-0.4, -0.2) is 0 Å². The van der Waals surface area contributed by atoms with E-state index in [2.05, 4.69) is 33.8 Å². The fourth-order valence-corrected chi connectivity index (χ4v) is 1.13. The van der Waals surface area contributed by atoms with Gasteiger partial charge in [0.1, 0.15) is 0 Å². The predicted molar refractivity (Wildman–Crippen MR) is 41.0 cm³/mol. The van der Waals surface area contributed by atoms with Crippen molar-refractivity contribution in [1.82, 2.24) is 0 Å². The molecule has 1 aromatic rings. The van der Waals surface area contributed by atoms with Gasteiger partial charge in [0.25, 0.3) is 0 Å². The molecule has 1 aromatic carbocycles. The fourth-order valence-electron chi connectivity index (χ4n) is 1.13. The predicted octanol–water partition coefficient (Wildman–Crippen LogP) is -0.357. The molecule has 1 rings (SSSR count). The molecule has 0 amide bonds. The van der Waals surface area contributed by atoms with Crippen molar-refractivity contribution in [2.45, 2.75) is 27.7 Å². The average molecular weight is 160 g/mol. The number of hydrogen-bond donors (Lipinski definition) is 0. The van der Waals surface area contributed by atoms with Gasteiger partial charge in [-0.05, 0) is 0 Å². The van der Waals surface area contributed by atoms with E-state index in [0.29, 0.717) is 0 Å². The number of rotatable bonds is 0. The zero-order valence-electron chi connectivity index (χ0n) is 7.58. The molecule has 0 radical (unpaired) electrons. The normalized spacial score (nSPS) is 9.20. The summed E-state index contributed by atoms with van der Waals surface area (Å²) in [6.45, 7) is 8.68. The van der Waals surface area contributed by atoms with Gasteiger partial charge in [0.2, 0.25) is 0 Å². The van der Waals surface area contributed by atoms with Gasteiger partial charge in [0, 0.05) is 0 Å². The van der Waals surface area contributed by atoms with E-state index in [1.807, 2.05) is 0 Å². The second-order valence-electron chi connectivity index (χ2n) is 2.76. The first-order valence-electron chi connectivity index (χ1n) is 3.33. The van der Waals surface area contributed by atoms with Crippen LogP contribution in [-0.2, 0) is 0 Å². The summed E-state index contributed by atoms with van der Waals surface area (Å²) in [4.78, 5) is 0. The first kappa shape index (κ1) is 11.0. The largest absolute Gasteiger partial charge is 1.00 e. The van der Waals surface area contributed by atoms with E-state index in [0.717, 1.165) is 0 Å². The Morgan fingerprint density at radius 2 is 1.70 bits per heavy atom. The Morgan fingerprint density at radius 3 is 1.80 bits per heavy atom. The van der Waals surface area contributed by atoms with E-state index in [4.69, 9.17) is 0 Å². The Kier molecular flexibility index (Phi) is 4.53. The van der Waals surface area contributed by atoms with Crippen LogP contribution >= 0.6 is 0 Å². The van der Waals surface area contributed by atoms with Crippen molar-refractivity contribution in [2.24, 2.45) is 0 Å². The van der Waals surface area contributed by atoms with Crippen molar-refractivity contribution >= 4 is 0 Å². The Balaban J connectivity index is 0.000000810. The smallest absolute Gasteiger partial charge is 0.199 e. The summed E-state index contributed by atoms with van der Waals surface area (Å²) in [5.41, 5.74) is 5.75. The molecule has 0 heterocycles. The maximum Gasteiger partial charge on any atom is 1.00 e. The van der Waals surface area contributed by atoms with Crippen LogP contribution < -0.4 is 51.4 Å². The molecule has 0 saturated carbocycles. The third-order valence-electron chi connectivity index (χ3n) is 2.18. The Labute approximate surface area is 106 Å². The van der Waals surface area contributed by atoms with Crippen LogP contribution in [0.25, 0.3) is 0 Å². The number of aryl methyl sites for hydroxylation is 2. The van der Waals surface area contributed by atoms with Crippen LogP contribution in [0.4, 0.5) is 0 Å². The van der Waals surface area contributed by atoms with Crippen molar-refractivity contribution in [2.75, 3.05) is 0 Å². The summed E-state index contributed by atoms with van der Waals surface area (Å²) < 4.78 is 0. The van der Waals surface area contributed by atoms with Crippen LogP contribution in [0, 0.1) is 27.7 Å². The van der Waals surface area contributed by atoms with Gasteiger partial charge in [-0.1, -0.05) is 27.7 Å². The summed E-state index contributed by atoms with van der Waals surface area (Å²) in [5, 5.41) is 0. The molecular formula is C9H13K. The molecule has 50 valence electrons. The van der Waals surface area contributed by atoms with E-state index in [1.165, 1.54) is 22.3 Å². The van der Waals surface area contributed by atoms with Gasteiger partial charge in [-0.3, -0.25) is 0 Å². The van der Waals surface area contributed by atoms with E-state index in [-0.39, 0.29) is 51.4 Å². The molecule has 0 aromatic heterocycles. The SMILES string of the molecule is Cc1c[c-](C)c(C)c1C.[K+]. The molecule has 0 aliphatic heterocycles.